The standard InChI is InChI=1S/C66H85N11O15S2/c1-11-66(50-29-53-57-48(32-76(53)59(82)49(50)34-90-60(66)83)46(47-19-15-16-20-51(47)75-57)25-27-77(41(2)3)94(10,86)87)92-63(85)91-33-44-23-24-45(28-42(44)4)73-58(81)52(21-17-26-68-61(67)84)74-56(80)36-88-35-55(79)72-38-65(7,8)40-89-39-64(5,6)37-71-54(78)22-14-12-13-18-43-30-69-62(93-9)70-31-43/h15-16,19-20,23-24,28-31,41,52H,11-12,14,17,21-22,25-27,32-40H2,1-10H3,(H,71,78)(H,72,79)(H,73,81)(H,74,80)(H3,67,68,84)/t52-,66-/m0/s1. The van der Waals surface area contributed by atoms with Crippen LogP contribution in [0.2, 0.25) is 0 Å². The lowest BCUT2D eigenvalue weighted by Crippen LogP contribution is -2.47. The maximum absolute atomic E-state index is 14.5. The molecule has 0 radical (unpaired) electrons. The molecular weight excluding hydrogens is 1250 g/mol. The molecule has 0 spiro atoms. The number of carbonyl (C=O) groups excluding carboxylic acids is 7. The van der Waals surface area contributed by atoms with Gasteiger partial charge in [0, 0.05) is 90.5 Å². The van der Waals surface area contributed by atoms with Crippen molar-refractivity contribution in [2.45, 2.75) is 143 Å². The van der Waals surface area contributed by atoms with Crippen LogP contribution in [0.3, 0.4) is 0 Å². The van der Waals surface area contributed by atoms with Crippen LogP contribution >= 0.6 is 11.8 Å². The van der Waals surface area contributed by atoms with Gasteiger partial charge in [-0.05, 0) is 100 Å². The maximum Gasteiger partial charge on any atom is 0.510 e. The second-order valence-electron chi connectivity index (χ2n) is 25.0. The topological polar surface area (TPSA) is 350 Å². The Morgan fingerprint density at radius 3 is 2.26 bits per heavy atom. The van der Waals surface area contributed by atoms with Gasteiger partial charge >= 0.3 is 18.2 Å². The molecule has 2 aromatic carbocycles. The number of anilines is 1. The molecule has 0 bridgehead atoms. The number of unbranched alkanes of at least 4 members (excludes halogenated alkanes) is 1. The fourth-order valence-electron chi connectivity index (χ4n) is 10.8. The van der Waals surface area contributed by atoms with E-state index in [-0.39, 0.29) is 87.1 Å². The third kappa shape index (κ3) is 19.8. The number of thioether (sulfide) groups is 1. The minimum Gasteiger partial charge on any atom is -0.457 e. The molecule has 0 fully saturated rings. The number of nitrogens with zero attached hydrogens (tertiary/aromatic N) is 5. The number of rotatable bonds is 32. The number of para-hydroxylation sites is 1. The smallest absolute Gasteiger partial charge is 0.457 e. The number of nitrogens with two attached hydrogens (primary N) is 1. The zero-order valence-electron chi connectivity index (χ0n) is 54.9. The molecule has 6 amide bonds. The van der Waals surface area contributed by atoms with E-state index in [1.165, 1.54) is 26.9 Å². The summed E-state index contributed by atoms with van der Waals surface area (Å²) in [7, 11) is -3.55. The Labute approximate surface area is 551 Å². The lowest BCUT2D eigenvalue weighted by molar-refractivity contribution is -0.175. The number of esters is 1. The van der Waals surface area contributed by atoms with Gasteiger partial charge in [0.25, 0.3) is 5.56 Å². The molecule has 5 aromatic rings. The lowest BCUT2D eigenvalue weighted by Gasteiger charge is -2.35. The molecule has 5 heterocycles. The molecule has 7 N–H and O–H groups in total. The van der Waals surface area contributed by atoms with Gasteiger partial charge in [-0.3, -0.25) is 24.0 Å². The Morgan fingerprint density at radius 2 is 1.60 bits per heavy atom. The number of nitrogens with one attached hydrogen (secondary N) is 5. The van der Waals surface area contributed by atoms with E-state index in [0.29, 0.717) is 84.3 Å². The zero-order valence-corrected chi connectivity index (χ0v) is 56.5. The van der Waals surface area contributed by atoms with Crippen molar-refractivity contribution in [2.75, 3.05) is 70.4 Å². The number of benzene rings is 2. The highest BCUT2D eigenvalue weighted by molar-refractivity contribution is 7.98. The fourth-order valence-corrected chi connectivity index (χ4v) is 12.3. The molecule has 3 aromatic heterocycles. The van der Waals surface area contributed by atoms with E-state index in [1.807, 2.05) is 58.2 Å². The minimum absolute atomic E-state index is 0.0697. The van der Waals surface area contributed by atoms with Crippen LogP contribution in [0.5, 0.6) is 0 Å². The summed E-state index contributed by atoms with van der Waals surface area (Å²) >= 11 is 1.45. The highest BCUT2D eigenvalue weighted by Gasteiger charge is 2.51. The molecule has 7 rings (SSSR count). The van der Waals surface area contributed by atoms with Crippen LogP contribution in [0.4, 0.5) is 15.3 Å². The number of pyridine rings is 2. The summed E-state index contributed by atoms with van der Waals surface area (Å²) in [6.45, 7) is 14.7. The first-order chi connectivity index (χ1) is 44.5. The molecule has 506 valence electrons. The van der Waals surface area contributed by atoms with Crippen molar-refractivity contribution in [3.05, 3.63) is 110 Å². The second kappa shape index (κ2) is 32.6. The van der Waals surface area contributed by atoms with Gasteiger partial charge in [0.05, 0.1) is 54.0 Å². The molecule has 94 heavy (non-hydrogen) atoms. The number of sulfonamides is 1. The second-order valence-corrected chi connectivity index (χ2v) is 27.7. The van der Waals surface area contributed by atoms with Crippen LogP contribution in [-0.4, -0.2) is 151 Å². The third-order valence-electron chi connectivity index (χ3n) is 15.8. The van der Waals surface area contributed by atoms with E-state index in [4.69, 9.17) is 34.4 Å². The van der Waals surface area contributed by atoms with Gasteiger partial charge in [-0.15, -0.1) is 0 Å². The summed E-state index contributed by atoms with van der Waals surface area (Å²) in [5, 5.41) is 15.1. The first kappa shape index (κ1) is 72.9. The third-order valence-corrected chi connectivity index (χ3v) is 17.9. The zero-order chi connectivity index (χ0) is 68.5. The Balaban J connectivity index is 0.884. The van der Waals surface area contributed by atoms with E-state index >= 15 is 0 Å². The highest BCUT2D eigenvalue weighted by Crippen LogP contribution is 2.42. The summed E-state index contributed by atoms with van der Waals surface area (Å²) in [5.74, 6) is 3.30. The minimum atomic E-state index is -3.55. The number of hydrogen-bond acceptors (Lipinski definition) is 19. The first-order valence-electron chi connectivity index (χ1n) is 31.0. The molecule has 2 aliphatic rings. The molecule has 2 atom stereocenters. The number of aryl methyl sites for hydroxylation is 1. The van der Waals surface area contributed by atoms with E-state index in [9.17, 15) is 46.8 Å². The molecule has 0 unspecified atom stereocenters. The SMILES string of the molecule is CC[C@@]1(OC(=O)OCc2ccc(NC(=O)[C@H](CCCNC(N)=O)NC(=O)COCC(=O)NCC(C)(C)COCC(C)(C)CNC(=O)CCCC#Cc3cnc(SC)nc3)cc2C)C(=O)OCc2c1cc1n(c2=O)Cc2c-1nc1ccccc1c2CCN(C(C)C)S(C)(=O)=O. The number of cyclic esters (lactones) is 1. The van der Waals surface area contributed by atoms with Crippen molar-refractivity contribution in [1.82, 2.24) is 45.1 Å². The Bertz CT molecular complexity index is 3870. The Hall–Kier alpha value is -8.49. The number of primary amides is 1. The lowest BCUT2D eigenvalue weighted by atomic mass is 9.85. The number of carbonyl (C=O) groups is 7. The van der Waals surface area contributed by atoms with Crippen molar-refractivity contribution in [3.8, 4) is 23.2 Å². The van der Waals surface area contributed by atoms with Gasteiger partial charge < -0.3 is 60.6 Å². The Morgan fingerprint density at radius 1 is 0.904 bits per heavy atom. The summed E-state index contributed by atoms with van der Waals surface area (Å²) in [6, 6.07) is 11.6. The quantitative estimate of drug-likeness (QED) is 0.00943. The van der Waals surface area contributed by atoms with Crippen molar-refractivity contribution in [1.29, 1.82) is 0 Å². The number of ether oxygens (including phenoxy) is 5. The normalized spacial score (nSPS) is 14.6. The Kier molecular flexibility index (Phi) is 25.3. The van der Waals surface area contributed by atoms with Crippen molar-refractivity contribution < 1.29 is 65.7 Å². The van der Waals surface area contributed by atoms with Gasteiger partial charge in [-0.2, -0.15) is 4.31 Å². The summed E-state index contributed by atoms with van der Waals surface area (Å²) in [4.78, 5) is 119. The number of fused-ring (bicyclic) bond motifs is 5. The van der Waals surface area contributed by atoms with Gasteiger partial charge in [-0.25, -0.2) is 37.8 Å². The summed E-state index contributed by atoms with van der Waals surface area (Å²) in [5.41, 5.74) is 7.18. The molecule has 2 aliphatic heterocycles. The fraction of sp³-hybridized carbons (Fsp3) is 0.500. The van der Waals surface area contributed by atoms with Crippen molar-refractivity contribution in [3.63, 3.8) is 0 Å². The molecule has 28 heteroatoms. The largest absolute Gasteiger partial charge is 0.510 e. The van der Waals surface area contributed by atoms with E-state index in [2.05, 4.69) is 48.4 Å². The van der Waals surface area contributed by atoms with Crippen molar-refractivity contribution >= 4 is 80.2 Å². The molecular formula is C66H85N11O15S2. The number of hydrogen-bond donors (Lipinski definition) is 6. The van der Waals surface area contributed by atoms with E-state index < -0.39 is 81.7 Å². The van der Waals surface area contributed by atoms with Crippen LogP contribution in [0.15, 0.2) is 70.9 Å². The van der Waals surface area contributed by atoms with Crippen LogP contribution < -0.4 is 37.9 Å². The van der Waals surface area contributed by atoms with Crippen LogP contribution in [0.25, 0.3) is 22.3 Å². The number of amides is 6. The first-order valence-corrected chi connectivity index (χ1v) is 34.1. The average molecular weight is 1340 g/mol. The molecule has 26 nitrogen and oxygen atoms in total. The summed E-state index contributed by atoms with van der Waals surface area (Å²) in [6.07, 6.45) is 7.19. The number of urea groups is 1. The van der Waals surface area contributed by atoms with Gasteiger partial charge in [0.1, 0.15) is 32.5 Å². The average Bonchev–Trinajstić information content (AvgIpc) is 1.46. The molecule has 0 saturated heterocycles. The highest BCUT2D eigenvalue weighted by atomic mass is 32.2. The molecule has 0 saturated carbocycles. The predicted molar refractivity (Wildman–Crippen MR) is 352 cm³/mol. The van der Waals surface area contributed by atoms with Crippen molar-refractivity contribution in [2.24, 2.45) is 16.6 Å². The van der Waals surface area contributed by atoms with Gasteiger partial charge in [0.15, 0.2) is 5.16 Å². The monoisotopic (exact) mass is 1340 g/mol. The van der Waals surface area contributed by atoms with E-state index in [0.717, 1.165) is 22.1 Å². The van der Waals surface area contributed by atoms with Gasteiger partial charge in [0.2, 0.25) is 39.3 Å². The van der Waals surface area contributed by atoms with Crippen LogP contribution in [0.1, 0.15) is 126 Å². The van der Waals surface area contributed by atoms with Gasteiger partial charge in [-0.1, -0.05) is 82.5 Å². The maximum atomic E-state index is 14.5. The van der Waals surface area contributed by atoms with E-state index in [1.54, 1.807) is 64.4 Å². The summed E-state index contributed by atoms with van der Waals surface area (Å²) < 4.78 is 57.0. The van der Waals surface area contributed by atoms with Crippen LogP contribution in [0, 0.1) is 29.6 Å². The number of aromatic nitrogens is 4. The predicted octanol–water partition coefficient (Wildman–Crippen LogP) is 5.89. The molecule has 0 aliphatic carbocycles. The van der Waals surface area contributed by atoms with Crippen LogP contribution in [-0.2, 0) is 89.5 Å².